The van der Waals surface area contributed by atoms with Crippen LogP contribution in [0.4, 0.5) is 0 Å². The van der Waals surface area contributed by atoms with E-state index in [2.05, 4.69) is 31.8 Å². The first kappa shape index (κ1) is 12.9. The van der Waals surface area contributed by atoms with E-state index in [0.29, 0.717) is 5.11 Å². The number of rotatable bonds is 3. The number of hydrogen-bond acceptors (Lipinski definition) is 2. The van der Waals surface area contributed by atoms with Crippen LogP contribution in [0.1, 0.15) is 5.56 Å². The fraction of sp³-hybridized carbons (Fsp3) is 0.0909. The van der Waals surface area contributed by atoms with Crippen LogP contribution in [0.5, 0.6) is 0 Å². The SMILES string of the molecule is CNC(=S)NN=C/C(Br)=C\c1ccccc1. The van der Waals surface area contributed by atoms with Gasteiger partial charge in [-0.1, -0.05) is 30.3 Å². The maximum absolute atomic E-state index is 4.87. The second-order valence-electron chi connectivity index (χ2n) is 2.89. The smallest absolute Gasteiger partial charge is 0.186 e. The molecule has 0 spiro atoms. The molecule has 0 saturated heterocycles. The number of hydrogen-bond donors (Lipinski definition) is 2. The van der Waals surface area contributed by atoms with Crippen LogP contribution >= 0.6 is 28.1 Å². The van der Waals surface area contributed by atoms with E-state index in [-0.39, 0.29) is 0 Å². The van der Waals surface area contributed by atoms with E-state index in [9.17, 15) is 0 Å². The second-order valence-corrected chi connectivity index (χ2v) is 4.21. The van der Waals surface area contributed by atoms with Gasteiger partial charge in [0.25, 0.3) is 0 Å². The Morgan fingerprint density at radius 1 is 1.38 bits per heavy atom. The molecule has 0 fully saturated rings. The first-order valence-electron chi connectivity index (χ1n) is 4.65. The van der Waals surface area contributed by atoms with E-state index in [1.54, 1.807) is 13.3 Å². The van der Waals surface area contributed by atoms with Gasteiger partial charge in [0.15, 0.2) is 5.11 Å². The lowest BCUT2D eigenvalue weighted by atomic mass is 10.2. The number of thiocarbonyl (C=S) groups is 1. The van der Waals surface area contributed by atoms with Gasteiger partial charge in [-0.25, -0.2) is 0 Å². The minimum Gasteiger partial charge on any atom is -0.364 e. The third kappa shape index (κ3) is 5.04. The Morgan fingerprint density at radius 3 is 2.69 bits per heavy atom. The molecule has 1 aromatic rings. The summed E-state index contributed by atoms with van der Waals surface area (Å²) in [7, 11) is 1.74. The zero-order valence-corrected chi connectivity index (χ0v) is 11.2. The Hall–Kier alpha value is -1.20. The molecule has 84 valence electrons. The van der Waals surface area contributed by atoms with Crippen LogP contribution in [0.3, 0.4) is 0 Å². The summed E-state index contributed by atoms with van der Waals surface area (Å²) in [5, 5.41) is 7.19. The molecule has 0 amide bonds. The Morgan fingerprint density at radius 2 is 2.06 bits per heavy atom. The van der Waals surface area contributed by atoms with Crippen molar-refractivity contribution in [1.29, 1.82) is 0 Å². The van der Waals surface area contributed by atoms with Crippen LogP contribution in [-0.4, -0.2) is 18.4 Å². The van der Waals surface area contributed by atoms with Gasteiger partial charge in [-0.3, -0.25) is 5.43 Å². The molecule has 16 heavy (non-hydrogen) atoms. The van der Waals surface area contributed by atoms with E-state index < -0.39 is 0 Å². The summed E-state index contributed by atoms with van der Waals surface area (Å²) in [5.74, 6) is 0. The molecule has 0 aliphatic heterocycles. The lowest BCUT2D eigenvalue weighted by molar-refractivity contribution is 0.983. The third-order valence-electron chi connectivity index (χ3n) is 1.69. The molecule has 0 aliphatic carbocycles. The predicted molar refractivity (Wildman–Crippen MR) is 76.6 cm³/mol. The van der Waals surface area contributed by atoms with Gasteiger partial charge >= 0.3 is 0 Å². The fourth-order valence-corrected chi connectivity index (χ4v) is 1.37. The lowest BCUT2D eigenvalue weighted by Gasteiger charge is -1.99. The zero-order valence-electron chi connectivity index (χ0n) is 8.77. The second kappa shape index (κ2) is 7.14. The Bertz CT molecular complexity index is 401. The summed E-state index contributed by atoms with van der Waals surface area (Å²) in [6.07, 6.45) is 3.62. The molecule has 5 heteroatoms. The van der Waals surface area contributed by atoms with E-state index in [4.69, 9.17) is 12.2 Å². The van der Waals surface area contributed by atoms with Crippen molar-refractivity contribution in [2.75, 3.05) is 7.05 Å². The minimum absolute atomic E-state index is 0.483. The van der Waals surface area contributed by atoms with E-state index in [1.165, 1.54) is 0 Å². The average Bonchev–Trinajstić information content (AvgIpc) is 2.30. The molecule has 0 aliphatic rings. The molecule has 0 heterocycles. The van der Waals surface area contributed by atoms with Crippen molar-refractivity contribution < 1.29 is 0 Å². The van der Waals surface area contributed by atoms with Gasteiger partial charge < -0.3 is 5.32 Å². The van der Waals surface area contributed by atoms with Crippen molar-refractivity contribution in [3.8, 4) is 0 Å². The molecule has 0 aromatic heterocycles. The largest absolute Gasteiger partial charge is 0.364 e. The van der Waals surface area contributed by atoms with Gasteiger partial charge in [-0.05, 0) is 39.8 Å². The minimum atomic E-state index is 0.483. The van der Waals surface area contributed by atoms with Gasteiger partial charge in [0.2, 0.25) is 0 Å². The molecule has 1 aromatic carbocycles. The average molecular weight is 298 g/mol. The van der Waals surface area contributed by atoms with Gasteiger partial charge in [-0.15, -0.1) is 0 Å². The van der Waals surface area contributed by atoms with Gasteiger partial charge in [-0.2, -0.15) is 5.10 Å². The Balaban J connectivity index is 2.55. The topological polar surface area (TPSA) is 36.4 Å². The van der Waals surface area contributed by atoms with Crippen molar-refractivity contribution in [3.05, 3.63) is 40.4 Å². The van der Waals surface area contributed by atoms with Crippen LogP contribution < -0.4 is 10.7 Å². The molecular weight excluding hydrogens is 286 g/mol. The van der Waals surface area contributed by atoms with Crippen LogP contribution in [0.15, 0.2) is 39.9 Å². The highest BCUT2D eigenvalue weighted by Crippen LogP contribution is 2.09. The Labute approximate surface area is 109 Å². The number of allylic oxidation sites excluding steroid dienone is 1. The molecule has 3 nitrogen and oxygen atoms in total. The monoisotopic (exact) mass is 297 g/mol. The van der Waals surface area contributed by atoms with Gasteiger partial charge in [0.1, 0.15) is 0 Å². The number of benzene rings is 1. The number of halogens is 1. The highest BCUT2D eigenvalue weighted by atomic mass is 79.9. The summed E-state index contributed by atoms with van der Waals surface area (Å²) in [4.78, 5) is 0. The predicted octanol–water partition coefficient (Wildman–Crippen LogP) is 2.50. The van der Waals surface area contributed by atoms with Crippen LogP contribution in [0, 0.1) is 0 Å². The highest BCUT2D eigenvalue weighted by molar-refractivity contribution is 9.12. The summed E-state index contributed by atoms with van der Waals surface area (Å²) in [5.41, 5.74) is 3.78. The van der Waals surface area contributed by atoms with E-state index in [0.717, 1.165) is 10.0 Å². The van der Waals surface area contributed by atoms with Crippen LogP contribution in [0.2, 0.25) is 0 Å². The first-order chi connectivity index (χ1) is 7.72. The van der Waals surface area contributed by atoms with Crippen molar-refractivity contribution in [2.24, 2.45) is 5.10 Å². The third-order valence-corrected chi connectivity index (χ3v) is 2.41. The highest BCUT2D eigenvalue weighted by Gasteiger charge is 1.89. The van der Waals surface area contributed by atoms with E-state index >= 15 is 0 Å². The number of hydrazone groups is 1. The quantitative estimate of drug-likeness (QED) is 0.511. The molecular formula is C11H12BrN3S. The van der Waals surface area contributed by atoms with Gasteiger partial charge in [0.05, 0.1) is 6.21 Å². The van der Waals surface area contributed by atoms with E-state index in [1.807, 2.05) is 36.4 Å². The first-order valence-corrected chi connectivity index (χ1v) is 5.85. The lowest BCUT2D eigenvalue weighted by Crippen LogP contribution is -2.28. The molecule has 2 N–H and O–H groups in total. The number of nitrogens with one attached hydrogen (secondary N) is 2. The Kier molecular flexibility index (Phi) is 5.74. The van der Waals surface area contributed by atoms with Crippen LogP contribution in [0.25, 0.3) is 6.08 Å². The molecule has 0 bridgehead atoms. The fourth-order valence-electron chi connectivity index (χ4n) is 0.954. The van der Waals surface area contributed by atoms with Crippen molar-refractivity contribution in [3.63, 3.8) is 0 Å². The van der Waals surface area contributed by atoms with Crippen molar-refractivity contribution in [2.45, 2.75) is 0 Å². The van der Waals surface area contributed by atoms with Crippen LogP contribution in [-0.2, 0) is 0 Å². The van der Waals surface area contributed by atoms with Gasteiger partial charge in [0, 0.05) is 11.5 Å². The summed E-state index contributed by atoms with van der Waals surface area (Å²) < 4.78 is 0.866. The summed E-state index contributed by atoms with van der Waals surface area (Å²) in [6.45, 7) is 0. The van der Waals surface area contributed by atoms with Crippen molar-refractivity contribution in [1.82, 2.24) is 10.7 Å². The maximum Gasteiger partial charge on any atom is 0.186 e. The zero-order chi connectivity index (χ0) is 11.8. The molecule has 0 saturated carbocycles. The normalized spacial score (nSPS) is 11.5. The number of nitrogens with zero attached hydrogens (tertiary/aromatic N) is 1. The molecule has 0 unspecified atom stereocenters. The summed E-state index contributed by atoms with van der Waals surface area (Å²) in [6, 6.07) is 9.98. The summed E-state index contributed by atoms with van der Waals surface area (Å²) >= 11 is 8.26. The molecule has 1 rings (SSSR count). The molecule has 0 radical (unpaired) electrons. The standard InChI is InChI=1S/C11H12BrN3S/c1-13-11(16)15-14-8-10(12)7-9-5-3-2-4-6-9/h2-8H,1H3,(H2,13,15,16)/b10-7+,14-8?. The maximum atomic E-state index is 4.87. The van der Waals surface area contributed by atoms with Crippen molar-refractivity contribution >= 4 is 45.6 Å². The molecule has 0 atom stereocenters.